The molecule has 0 saturated heterocycles. The largest absolute Gasteiger partial charge is 0.299 e. The molecule has 0 aliphatic heterocycles. The zero-order valence-electron chi connectivity index (χ0n) is 8.08. The van der Waals surface area contributed by atoms with Gasteiger partial charge < -0.3 is 0 Å². The molecular formula is C12H14O. The lowest BCUT2D eigenvalue weighted by Gasteiger charge is -2.29. The summed E-state index contributed by atoms with van der Waals surface area (Å²) in [5.41, 5.74) is 2.60. The fourth-order valence-electron chi connectivity index (χ4n) is 1.92. The first-order valence-electron chi connectivity index (χ1n) is 4.81. The summed E-state index contributed by atoms with van der Waals surface area (Å²) in [6.45, 7) is 3.95. The van der Waals surface area contributed by atoms with Gasteiger partial charge in [-0.05, 0) is 17.5 Å². The summed E-state index contributed by atoms with van der Waals surface area (Å²) in [6, 6.07) is 8.23. The Labute approximate surface area is 78.8 Å². The fraction of sp³-hybridized carbons (Fsp3) is 0.417. The van der Waals surface area contributed by atoms with Gasteiger partial charge in [0.1, 0.15) is 5.78 Å². The second-order valence-electron chi connectivity index (χ2n) is 4.01. The Hall–Kier alpha value is -1.11. The van der Waals surface area contributed by atoms with Gasteiger partial charge in [0.25, 0.3) is 0 Å². The van der Waals surface area contributed by atoms with Gasteiger partial charge >= 0.3 is 0 Å². The van der Waals surface area contributed by atoms with Gasteiger partial charge in [-0.1, -0.05) is 38.1 Å². The van der Waals surface area contributed by atoms with Gasteiger partial charge in [0.05, 0.1) is 0 Å². The van der Waals surface area contributed by atoms with Gasteiger partial charge in [-0.25, -0.2) is 0 Å². The molecule has 0 radical (unpaired) electrons. The maximum Gasteiger partial charge on any atom is 0.143 e. The van der Waals surface area contributed by atoms with Crippen molar-refractivity contribution < 1.29 is 4.79 Å². The summed E-state index contributed by atoms with van der Waals surface area (Å²) < 4.78 is 0. The van der Waals surface area contributed by atoms with Gasteiger partial charge in [0, 0.05) is 11.8 Å². The van der Waals surface area contributed by atoms with Gasteiger partial charge in [0.2, 0.25) is 0 Å². The Kier molecular flexibility index (Phi) is 1.95. The Morgan fingerprint density at radius 2 is 2.08 bits per heavy atom. The number of carbonyl (C=O) groups is 1. The average molecular weight is 174 g/mol. The van der Waals surface area contributed by atoms with Crippen molar-refractivity contribution in [3.63, 3.8) is 0 Å². The Balaban J connectivity index is 2.22. The van der Waals surface area contributed by atoms with E-state index in [0.717, 1.165) is 6.42 Å². The topological polar surface area (TPSA) is 17.1 Å². The van der Waals surface area contributed by atoms with E-state index in [2.05, 4.69) is 12.1 Å². The molecule has 1 unspecified atom stereocenters. The normalized spacial score (nSPS) is 19.5. The molecule has 0 aromatic heterocycles. The van der Waals surface area contributed by atoms with E-state index in [1.54, 1.807) is 0 Å². The molecule has 0 N–H and O–H groups in total. The van der Waals surface area contributed by atoms with Gasteiger partial charge in [-0.2, -0.15) is 0 Å². The summed E-state index contributed by atoms with van der Waals surface area (Å²) in [5.74, 6) is 0.744. The highest BCUT2D eigenvalue weighted by Crippen LogP contribution is 2.36. The molecule has 13 heavy (non-hydrogen) atoms. The molecule has 2 rings (SSSR count). The third-order valence-electron chi connectivity index (χ3n) is 2.77. The fourth-order valence-corrected chi connectivity index (χ4v) is 1.92. The molecule has 1 heteroatoms. The number of fused-ring (bicyclic) bond motifs is 1. The van der Waals surface area contributed by atoms with Crippen LogP contribution in [0.15, 0.2) is 24.3 Å². The lowest BCUT2D eigenvalue weighted by atomic mass is 9.73. The van der Waals surface area contributed by atoms with Crippen molar-refractivity contribution in [1.29, 1.82) is 0 Å². The summed E-state index contributed by atoms with van der Waals surface area (Å²) in [5, 5.41) is 0. The minimum atomic E-state index is 0.165. The predicted molar refractivity (Wildman–Crippen MR) is 52.7 cm³/mol. The third-order valence-corrected chi connectivity index (χ3v) is 2.77. The van der Waals surface area contributed by atoms with Crippen molar-refractivity contribution in [3.8, 4) is 0 Å². The number of Topliss-reactive ketones (excluding diaryl/α,β-unsaturated/α-hetero) is 1. The standard InChI is InChI=1S/C12H14O/c1-8(2)12(13)11-7-9-5-3-4-6-10(9)11/h3-6,8,11H,7H2,1-2H3. The molecule has 0 bridgehead atoms. The highest BCUT2D eigenvalue weighted by Gasteiger charge is 2.32. The summed E-state index contributed by atoms with van der Waals surface area (Å²) >= 11 is 0. The molecule has 68 valence electrons. The quantitative estimate of drug-likeness (QED) is 0.673. The first-order valence-corrected chi connectivity index (χ1v) is 4.81. The molecule has 0 fully saturated rings. The SMILES string of the molecule is CC(C)C(=O)C1Cc2ccccc21. The maximum absolute atomic E-state index is 11.7. The molecule has 1 nitrogen and oxygen atoms in total. The van der Waals surface area contributed by atoms with E-state index >= 15 is 0 Å². The van der Waals surface area contributed by atoms with Crippen molar-refractivity contribution in [1.82, 2.24) is 0 Å². The van der Waals surface area contributed by atoms with Crippen LogP contribution in [0.3, 0.4) is 0 Å². The van der Waals surface area contributed by atoms with Crippen LogP contribution in [-0.2, 0) is 11.2 Å². The summed E-state index contributed by atoms with van der Waals surface area (Å²) in [4.78, 5) is 11.7. The highest BCUT2D eigenvalue weighted by molar-refractivity contribution is 5.90. The van der Waals surface area contributed by atoms with Crippen LogP contribution in [0.1, 0.15) is 30.9 Å². The van der Waals surface area contributed by atoms with Crippen LogP contribution in [0, 0.1) is 5.92 Å². The van der Waals surface area contributed by atoms with Gasteiger partial charge in [0.15, 0.2) is 0 Å². The van der Waals surface area contributed by atoms with Crippen LogP contribution in [-0.4, -0.2) is 5.78 Å². The lowest BCUT2D eigenvalue weighted by Crippen LogP contribution is -2.28. The second-order valence-corrected chi connectivity index (χ2v) is 4.01. The number of hydrogen-bond donors (Lipinski definition) is 0. The van der Waals surface area contributed by atoms with Crippen LogP contribution >= 0.6 is 0 Å². The van der Waals surface area contributed by atoms with Crippen molar-refractivity contribution in [3.05, 3.63) is 35.4 Å². The zero-order valence-corrected chi connectivity index (χ0v) is 8.08. The molecule has 1 atom stereocenters. The van der Waals surface area contributed by atoms with E-state index in [-0.39, 0.29) is 11.8 Å². The summed E-state index contributed by atoms with van der Waals surface area (Å²) in [6.07, 6.45) is 0.952. The maximum atomic E-state index is 11.7. The highest BCUT2D eigenvalue weighted by atomic mass is 16.1. The van der Waals surface area contributed by atoms with E-state index in [9.17, 15) is 4.79 Å². The van der Waals surface area contributed by atoms with E-state index < -0.39 is 0 Å². The second kappa shape index (κ2) is 2.99. The number of rotatable bonds is 2. The van der Waals surface area contributed by atoms with Crippen molar-refractivity contribution in [2.45, 2.75) is 26.2 Å². The molecule has 1 aliphatic carbocycles. The van der Waals surface area contributed by atoms with Crippen molar-refractivity contribution in [2.75, 3.05) is 0 Å². The smallest absolute Gasteiger partial charge is 0.143 e. The van der Waals surface area contributed by atoms with E-state index in [1.165, 1.54) is 11.1 Å². The van der Waals surface area contributed by atoms with Crippen LogP contribution in [0.5, 0.6) is 0 Å². The first-order chi connectivity index (χ1) is 6.20. The van der Waals surface area contributed by atoms with Crippen molar-refractivity contribution in [2.24, 2.45) is 5.92 Å². The zero-order chi connectivity index (χ0) is 9.42. The molecular weight excluding hydrogens is 160 g/mol. The molecule has 0 amide bonds. The number of benzene rings is 1. The molecule has 0 heterocycles. The Bertz CT molecular complexity index is 339. The van der Waals surface area contributed by atoms with E-state index in [1.807, 2.05) is 26.0 Å². The minimum absolute atomic E-state index is 0.165. The van der Waals surface area contributed by atoms with Gasteiger partial charge in [-0.3, -0.25) is 4.79 Å². The minimum Gasteiger partial charge on any atom is -0.299 e. The lowest BCUT2D eigenvalue weighted by molar-refractivity contribution is -0.123. The Morgan fingerprint density at radius 1 is 1.38 bits per heavy atom. The van der Waals surface area contributed by atoms with Crippen molar-refractivity contribution >= 4 is 5.78 Å². The van der Waals surface area contributed by atoms with Crippen LogP contribution < -0.4 is 0 Å². The monoisotopic (exact) mass is 174 g/mol. The number of ketones is 1. The third kappa shape index (κ3) is 1.28. The molecule has 0 saturated carbocycles. The van der Waals surface area contributed by atoms with Crippen LogP contribution in [0.2, 0.25) is 0 Å². The molecule has 1 aromatic rings. The Morgan fingerprint density at radius 3 is 2.69 bits per heavy atom. The predicted octanol–water partition coefficient (Wildman–Crippen LogP) is 2.55. The molecule has 0 spiro atoms. The number of hydrogen-bond acceptors (Lipinski definition) is 1. The average Bonchev–Trinajstić information content (AvgIpc) is 2.06. The van der Waals surface area contributed by atoms with Crippen LogP contribution in [0.25, 0.3) is 0 Å². The van der Waals surface area contributed by atoms with Gasteiger partial charge in [-0.15, -0.1) is 0 Å². The molecule has 1 aliphatic rings. The molecule has 1 aromatic carbocycles. The van der Waals surface area contributed by atoms with E-state index in [4.69, 9.17) is 0 Å². The van der Waals surface area contributed by atoms with Crippen LogP contribution in [0.4, 0.5) is 0 Å². The number of carbonyl (C=O) groups excluding carboxylic acids is 1. The first kappa shape index (κ1) is 8.49. The van der Waals surface area contributed by atoms with E-state index in [0.29, 0.717) is 5.78 Å². The summed E-state index contributed by atoms with van der Waals surface area (Å²) in [7, 11) is 0.